The second-order valence-electron chi connectivity index (χ2n) is 4.26. The van der Waals surface area contributed by atoms with Crippen molar-refractivity contribution in [3.63, 3.8) is 0 Å². The number of halogens is 1. The number of hydrogen-bond acceptors (Lipinski definition) is 4. The molecule has 1 aliphatic rings. The zero-order valence-corrected chi connectivity index (χ0v) is 10.8. The van der Waals surface area contributed by atoms with Gasteiger partial charge in [-0.2, -0.15) is 5.10 Å². The number of aromatic nitrogens is 2. The molecule has 0 spiro atoms. The third kappa shape index (κ3) is 2.91. The van der Waals surface area contributed by atoms with Crippen molar-refractivity contribution in [2.45, 2.75) is 13.0 Å². The van der Waals surface area contributed by atoms with Gasteiger partial charge >= 0.3 is 0 Å². The lowest BCUT2D eigenvalue weighted by Crippen LogP contribution is -2.24. The SMILES string of the molecule is C=CCn1ncc(NCC2CCOC2)c(Cl)c1=O. The van der Waals surface area contributed by atoms with Gasteiger partial charge in [0, 0.05) is 19.1 Å². The minimum atomic E-state index is -0.302. The van der Waals surface area contributed by atoms with Gasteiger partial charge in [0.1, 0.15) is 5.02 Å². The third-order valence-electron chi connectivity index (χ3n) is 2.89. The first-order valence-corrected chi connectivity index (χ1v) is 6.28. The number of hydrogen-bond donors (Lipinski definition) is 1. The first kappa shape index (κ1) is 13.1. The van der Waals surface area contributed by atoms with E-state index in [1.54, 1.807) is 12.3 Å². The van der Waals surface area contributed by atoms with E-state index in [4.69, 9.17) is 16.3 Å². The Bertz CT molecular complexity index is 481. The van der Waals surface area contributed by atoms with Crippen molar-refractivity contribution in [2.24, 2.45) is 5.92 Å². The minimum Gasteiger partial charge on any atom is -0.382 e. The first-order valence-electron chi connectivity index (χ1n) is 5.90. The quantitative estimate of drug-likeness (QED) is 0.824. The normalized spacial score (nSPS) is 18.8. The van der Waals surface area contributed by atoms with Gasteiger partial charge in [-0.15, -0.1) is 6.58 Å². The second-order valence-corrected chi connectivity index (χ2v) is 4.64. The third-order valence-corrected chi connectivity index (χ3v) is 3.26. The molecule has 5 nitrogen and oxygen atoms in total. The maximum Gasteiger partial charge on any atom is 0.287 e. The Labute approximate surface area is 110 Å². The number of nitrogens with zero attached hydrogens (tertiary/aromatic N) is 2. The van der Waals surface area contributed by atoms with E-state index >= 15 is 0 Å². The van der Waals surface area contributed by atoms with E-state index in [1.807, 2.05) is 0 Å². The van der Waals surface area contributed by atoms with Gasteiger partial charge in [0.25, 0.3) is 5.56 Å². The summed E-state index contributed by atoms with van der Waals surface area (Å²) in [6, 6.07) is 0. The van der Waals surface area contributed by atoms with Gasteiger partial charge in [0.2, 0.25) is 0 Å². The van der Waals surface area contributed by atoms with Gasteiger partial charge in [0.05, 0.1) is 25.0 Å². The fraction of sp³-hybridized carbons (Fsp3) is 0.500. The molecule has 98 valence electrons. The molecule has 1 N–H and O–H groups in total. The Kier molecular flexibility index (Phi) is 4.38. The molecule has 1 aromatic heterocycles. The molecule has 2 heterocycles. The molecule has 0 saturated carbocycles. The van der Waals surface area contributed by atoms with Gasteiger partial charge in [-0.1, -0.05) is 17.7 Å². The molecule has 1 aliphatic heterocycles. The molecule has 6 heteroatoms. The van der Waals surface area contributed by atoms with Gasteiger partial charge in [-0.3, -0.25) is 4.79 Å². The molecule has 0 aliphatic carbocycles. The van der Waals surface area contributed by atoms with Crippen LogP contribution in [0.1, 0.15) is 6.42 Å². The molecule has 0 bridgehead atoms. The highest BCUT2D eigenvalue weighted by Gasteiger charge is 2.16. The van der Waals surface area contributed by atoms with E-state index in [0.717, 1.165) is 26.2 Å². The molecule has 0 aromatic carbocycles. The number of ether oxygens (including phenoxy) is 1. The molecule has 1 atom stereocenters. The molecule has 18 heavy (non-hydrogen) atoms. The Balaban J connectivity index is 2.06. The largest absolute Gasteiger partial charge is 0.382 e. The van der Waals surface area contributed by atoms with Crippen molar-refractivity contribution >= 4 is 17.3 Å². The van der Waals surface area contributed by atoms with E-state index in [0.29, 0.717) is 18.2 Å². The van der Waals surface area contributed by atoms with E-state index in [-0.39, 0.29) is 10.6 Å². The number of allylic oxidation sites excluding steroid dienone is 1. The maximum absolute atomic E-state index is 11.8. The molecule has 1 unspecified atom stereocenters. The van der Waals surface area contributed by atoms with Crippen LogP contribution in [0, 0.1) is 5.92 Å². The van der Waals surface area contributed by atoms with Gasteiger partial charge in [0.15, 0.2) is 0 Å². The first-order chi connectivity index (χ1) is 8.72. The van der Waals surface area contributed by atoms with Crippen molar-refractivity contribution in [3.8, 4) is 0 Å². The van der Waals surface area contributed by atoms with Crippen molar-refractivity contribution in [1.82, 2.24) is 9.78 Å². The molecule has 2 rings (SSSR count). The van der Waals surface area contributed by atoms with E-state index in [2.05, 4.69) is 17.0 Å². The summed E-state index contributed by atoms with van der Waals surface area (Å²) < 4.78 is 6.56. The summed E-state index contributed by atoms with van der Waals surface area (Å²) in [6.07, 6.45) is 4.21. The van der Waals surface area contributed by atoms with E-state index in [9.17, 15) is 4.79 Å². The topological polar surface area (TPSA) is 56.1 Å². The van der Waals surface area contributed by atoms with Crippen LogP contribution >= 0.6 is 11.6 Å². The monoisotopic (exact) mass is 269 g/mol. The van der Waals surface area contributed by atoms with Crippen LogP contribution in [-0.2, 0) is 11.3 Å². The van der Waals surface area contributed by atoms with Crippen LogP contribution in [0.3, 0.4) is 0 Å². The number of rotatable bonds is 5. The summed E-state index contributed by atoms with van der Waals surface area (Å²) in [5, 5.41) is 7.35. The van der Waals surface area contributed by atoms with Crippen LogP contribution in [0.5, 0.6) is 0 Å². The molecule has 1 fully saturated rings. The zero-order chi connectivity index (χ0) is 13.0. The maximum atomic E-state index is 11.8. The highest BCUT2D eigenvalue weighted by Crippen LogP contribution is 2.18. The lowest BCUT2D eigenvalue weighted by molar-refractivity contribution is 0.187. The van der Waals surface area contributed by atoms with Crippen LogP contribution in [0.15, 0.2) is 23.6 Å². The molecular formula is C12H16ClN3O2. The van der Waals surface area contributed by atoms with Crippen molar-refractivity contribution < 1.29 is 4.74 Å². The zero-order valence-electron chi connectivity index (χ0n) is 10.1. The average molecular weight is 270 g/mol. The predicted octanol–water partition coefficient (Wildman–Crippen LogP) is 1.53. The fourth-order valence-corrected chi connectivity index (χ4v) is 2.05. The van der Waals surface area contributed by atoms with Crippen LogP contribution in [0.2, 0.25) is 5.02 Å². The predicted molar refractivity (Wildman–Crippen MR) is 71.1 cm³/mol. The molecular weight excluding hydrogens is 254 g/mol. The molecule has 0 amide bonds. The average Bonchev–Trinajstić information content (AvgIpc) is 2.87. The number of nitrogens with one attached hydrogen (secondary N) is 1. The Morgan fingerprint density at radius 3 is 3.22 bits per heavy atom. The number of anilines is 1. The highest BCUT2D eigenvalue weighted by molar-refractivity contribution is 6.32. The Morgan fingerprint density at radius 2 is 2.56 bits per heavy atom. The second kappa shape index (κ2) is 6.02. The summed E-state index contributed by atoms with van der Waals surface area (Å²) in [5.41, 5.74) is 0.276. The van der Waals surface area contributed by atoms with Crippen molar-refractivity contribution in [1.29, 1.82) is 0 Å². The summed E-state index contributed by atoms with van der Waals surface area (Å²) in [6.45, 7) is 6.22. The van der Waals surface area contributed by atoms with E-state index < -0.39 is 0 Å². The standard InChI is InChI=1S/C12H16ClN3O2/c1-2-4-16-12(17)11(13)10(7-15-16)14-6-9-3-5-18-8-9/h2,7,9,14H,1,3-6,8H2. The summed E-state index contributed by atoms with van der Waals surface area (Å²) in [7, 11) is 0. The molecule has 1 aromatic rings. The van der Waals surface area contributed by atoms with Gasteiger partial charge in [-0.25, -0.2) is 4.68 Å². The van der Waals surface area contributed by atoms with Crippen molar-refractivity contribution in [3.05, 3.63) is 34.2 Å². The Morgan fingerprint density at radius 1 is 1.72 bits per heavy atom. The van der Waals surface area contributed by atoms with Crippen LogP contribution in [0.4, 0.5) is 5.69 Å². The van der Waals surface area contributed by atoms with Crippen molar-refractivity contribution in [2.75, 3.05) is 25.1 Å². The fourth-order valence-electron chi connectivity index (χ4n) is 1.84. The van der Waals surface area contributed by atoms with Crippen LogP contribution in [0.25, 0.3) is 0 Å². The van der Waals surface area contributed by atoms with Crippen LogP contribution < -0.4 is 10.9 Å². The lowest BCUT2D eigenvalue weighted by Gasteiger charge is -2.12. The Hall–Kier alpha value is -1.33. The lowest BCUT2D eigenvalue weighted by atomic mass is 10.1. The summed E-state index contributed by atoms with van der Waals surface area (Å²) in [4.78, 5) is 11.8. The minimum absolute atomic E-state index is 0.172. The summed E-state index contributed by atoms with van der Waals surface area (Å²) >= 11 is 6.02. The molecule has 1 saturated heterocycles. The van der Waals surface area contributed by atoms with E-state index in [1.165, 1.54) is 4.68 Å². The smallest absolute Gasteiger partial charge is 0.287 e. The molecule has 0 radical (unpaired) electrons. The van der Waals surface area contributed by atoms with Gasteiger partial charge in [-0.05, 0) is 6.42 Å². The highest BCUT2D eigenvalue weighted by atomic mass is 35.5. The van der Waals surface area contributed by atoms with Crippen LogP contribution in [-0.4, -0.2) is 29.5 Å². The summed E-state index contributed by atoms with van der Waals surface area (Å²) in [5.74, 6) is 0.469. The van der Waals surface area contributed by atoms with Gasteiger partial charge < -0.3 is 10.1 Å².